The second-order valence-electron chi connectivity index (χ2n) is 2.72. The lowest BCUT2D eigenvalue weighted by molar-refractivity contribution is 0.311. The number of thioether (sulfide) groups is 1. The Balaban J connectivity index is 0.000000605. The summed E-state index contributed by atoms with van der Waals surface area (Å²) in [7, 11) is 0. The summed E-state index contributed by atoms with van der Waals surface area (Å²) in [6.45, 7) is 2.08. The second-order valence-corrected chi connectivity index (χ2v) is 4.05. The Morgan fingerprint density at radius 2 is 2.45 bits per heavy atom. The van der Waals surface area contributed by atoms with Crippen molar-refractivity contribution in [1.82, 2.24) is 5.32 Å². The van der Waals surface area contributed by atoms with Crippen LogP contribution >= 0.6 is 24.2 Å². The van der Waals surface area contributed by atoms with Crippen molar-refractivity contribution < 1.29 is 5.11 Å². The number of fused-ring (bicyclic) bond motifs is 1. The quantitative estimate of drug-likeness (QED) is 0.558. The number of nitrogens with one attached hydrogen (secondary N) is 1. The van der Waals surface area contributed by atoms with E-state index in [-0.39, 0.29) is 17.8 Å². The van der Waals surface area contributed by atoms with Crippen LogP contribution in [0.2, 0.25) is 0 Å². The van der Waals surface area contributed by atoms with Gasteiger partial charge < -0.3 is 10.4 Å². The molecule has 0 aromatic rings. The van der Waals surface area contributed by atoms with E-state index in [4.69, 9.17) is 0 Å². The molecule has 2 rings (SSSR count). The van der Waals surface area contributed by atoms with Crippen molar-refractivity contribution >= 4 is 24.2 Å². The summed E-state index contributed by atoms with van der Waals surface area (Å²) in [5.41, 5.74) is 1.16. The van der Waals surface area contributed by atoms with Crippen LogP contribution in [0.3, 0.4) is 0 Å². The molecule has 0 spiro atoms. The second kappa shape index (κ2) is 3.81. The predicted octanol–water partition coefficient (Wildman–Crippen LogP) is 0.762. The highest BCUT2D eigenvalue weighted by atomic mass is 35.5. The third-order valence-electron chi connectivity index (χ3n) is 1.99. The Labute approximate surface area is 76.8 Å². The van der Waals surface area contributed by atoms with E-state index in [1.54, 1.807) is 11.8 Å². The van der Waals surface area contributed by atoms with E-state index >= 15 is 0 Å². The zero-order valence-electron chi connectivity index (χ0n) is 6.12. The first-order chi connectivity index (χ1) is 4.86. The van der Waals surface area contributed by atoms with E-state index < -0.39 is 0 Å². The van der Waals surface area contributed by atoms with Gasteiger partial charge in [-0.25, -0.2) is 0 Å². The number of halogens is 1. The van der Waals surface area contributed by atoms with Gasteiger partial charge in [-0.2, -0.15) is 0 Å². The summed E-state index contributed by atoms with van der Waals surface area (Å²) >= 11 is 1.67. The standard InChI is InChI=1S/C7H11NOS.ClH/c9-7-3-5-4-8-2-1-6(5)10-7;/h3,6-9H,1-2,4H2;1H. The number of rotatable bonds is 0. The molecule has 2 nitrogen and oxygen atoms in total. The van der Waals surface area contributed by atoms with Gasteiger partial charge in [0.1, 0.15) is 5.44 Å². The van der Waals surface area contributed by atoms with Crippen LogP contribution in [0.4, 0.5) is 0 Å². The van der Waals surface area contributed by atoms with Crippen LogP contribution in [-0.4, -0.2) is 28.9 Å². The lowest BCUT2D eigenvalue weighted by atomic mass is 10.1. The predicted molar refractivity (Wildman–Crippen MR) is 50.2 cm³/mol. The topological polar surface area (TPSA) is 32.3 Å². The van der Waals surface area contributed by atoms with Crippen LogP contribution in [0.5, 0.6) is 0 Å². The third kappa shape index (κ3) is 1.90. The van der Waals surface area contributed by atoms with Crippen LogP contribution in [-0.2, 0) is 0 Å². The molecular formula is C7H12ClNOS. The minimum absolute atomic E-state index is 0. The Hall–Kier alpha value is 0.300. The lowest BCUT2D eigenvalue weighted by Gasteiger charge is -2.20. The fraction of sp³-hybridized carbons (Fsp3) is 0.714. The van der Waals surface area contributed by atoms with Crippen LogP contribution in [0, 0.1) is 0 Å². The van der Waals surface area contributed by atoms with Gasteiger partial charge in [-0.15, -0.1) is 24.2 Å². The van der Waals surface area contributed by atoms with Crippen LogP contribution in [0.25, 0.3) is 0 Å². The van der Waals surface area contributed by atoms with Gasteiger partial charge in [0.05, 0.1) is 0 Å². The van der Waals surface area contributed by atoms with Crippen molar-refractivity contribution in [2.75, 3.05) is 13.1 Å². The minimum atomic E-state index is -0.236. The maximum atomic E-state index is 9.22. The molecule has 64 valence electrons. The summed E-state index contributed by atoms with van der Waals surface area (Å²) in [6.07, 6.45) is 3.15. The molecule has 1 saturated heterocycles. The molecule has 0 aromatic heterocycles. The van der Waals surface area contributed by atoms with Crippen LogP contribution in [0.15, 0.2) is 11.6 Å². The SMILES string of the molecule is Cl.OC1C=C2CNCCC2S1. The van der Waals surface area contributed by atoms with Crippen LogP contribution < -0.4 is 5.32 Å². The number of piperidine rings is 1. The smallest absolute Gasteiger partial charge is 0.119 e. The highest BCUT2D eigenvalue weighted by molar-refractivity contribution is 8.00. The number of hydrogen-bond acceptors (Lipinski definition) is 3. The first-order valence-electron chi connectivity index (χ1n) is 3.61. The molecule has 4 heteroatoms. The van der Waals surface area contributed by atoms with Crippen molar-refractivity contribution in [2.24, 2.45) is 0 Å². The molecule has 0 saturated carbocycles. The average molecular weight is 194 g/mol. The van der Waals surface area contributed by atoms with Gasteiger partial charge >= 0.3 is 0 Å². The lowest BCUT2D eigenvalue weighted by Crippen LogP contribution is -2.30. The maximum absolute atomic E-state index is 9.22. The van der Waals surface area contributed by atoms with Crippen molar-refractivity contribution in [3.05, 3.63) is 11.6 Å². The Kier molecular flexibility index (Phi) is 3.25. The van der Waals surface area contributed by atoms with Gasteiger partial charge in [-0.3, -0.25) is 0 Å². The minimum Gasteiger partial charge on any atom is -0.379 e. The van der Waals surface area contributed by atoms with Gasteiger partial charge in [0.25, 0.3) is 0 Å². The molecule has 0 aliphatic carbocycles. The fourth-order valence-corrected chi connectivity index (χ4v) is 2.66. The summed E-state index contributed by atoms with van der Waals surface area (Å²) in [5, 5.41) is 13.1. The highest BCUT2D eigenvalue weighted by Crippen LogP contribution is 2.34. The molecule has 2 N–H and O–H groups in total. The van der Waals surface area contributed by atoms with Crippen molar-refractivity contribution in [2.45, 2.75) is 17.1 Å². The summed E-state index contributed by atoms with van der Waals surface area (Å²) in [4.78, 5) is 0. The Morgan fingerprint density at radius 3 is 3.18 bits per heavy atom. The number of hydrogen-bond donors (Lipinski definition) is 2. The molecule has 0 radical (unpaired) electrons. The van der Waals surface area contributed by atoms with E-state index in [1.807, 2.05) is 6.08 Å². The first kappa shape index (κ1) is 9.39. The highest BCUT2D eigenvalue weighted by Gasteiger charge is 2.27. The molecule has 2 heterocycles. The van der Waals surface area contributed by atoms with Crippen molar-refractivity contribution in [3.63, 3.8) is 0 Å². The summed E-state index contributed by atoms with van der Waals surface area (Å²) < 4.78 is 0. The van der Waals surface area contributed by atoms with Gasteiger partial charge in [0, 0.05) is 11.8 Å². The van der Waals surface area contributed by atoms with Crippen molar-refractivity contribution in [1.29, 1.82) is 0 Å². The molecule has 1 fully saturated rings. The van der Waals surface area contributed by atoms with E-state index in [0.29, 0.717) is 5.25 Å². The maximum Gasteiger partial charge on any atom is 0.119 e. The molecule has 0 bridgehead atoms. The molecule has 0 amide bonds. The Bertz CT molecular complexity index is 174. The largest absolute Gasteiger partial charge is 0.379 e. The molecule has 2 unspecified atom stereocenters. The first-order valence-corrected chi connectivity index (χ1v) is 4.55. The Morgan fingerprint density at radius 1 is 1.64 bits per heavy atom. The third-order valence-corrected chi connectivity index (χ3v) is 3.27. The van der Waals surface area contributed by atoms with Gasteiger partial charge in [0.15, 0.2) is 0 Å². The zero-order chi connectivity index (χ0) is 6.97. The molecule has 2 atom stereocenters. The monoisotopic (exact) mass is 193 g/mol. The van der Waals surface area contributed by atoms with Gasteiger partial charge in [-0.1, -0.05) is 0 Å². The molecule has 0 aromatic carbocycles. The fourth-order valence-electron chi connectivity index (χ4n) is 1.48. The normalized spacial score (nSPS) is 35.5. The molecule has 11 heavy (non-hydrogen) atoms. The van der Waals surface area contributed by atoms with E-state index in [0.717, 1.165) is 13.1 Å². The molecule has 2 aliphatic rings. The average Bonchev–Trinajstić information content (AvgIpc) is 2.27. The van der Waals surface area contributed by atoms with Crippen molar-refractivity contribution in [3.8, 4) is 0 Å². The summed E-state index contributed by atoms with van der Waals surface area (Å²) in [6, 6.07) is 0. The number of aliphatic hydroxyl groups is 1. The molecular weight excluding hydrogens is 182 g/mol. The van der Waals surface area contributed by atoms with Gasteiger partial charge in [0.2, 0.25) is 0 Å². The van der Waals surface area contributed by atoms with Crippen LogP contribution in [0.1, 0.15) is 6.42 Å². The zero-order valence-corrected chi connectivity index (χ0v) is 7.75. The van der Waals surface area contributed by atoms with E-state index in [9.17, 15) is 5.11 Å². The van der Waals surface area contributed by atoms with Gasteiger partial charge in [-0.05, 0) is 24.6 Å². The van der Waals surface area contributed by atoms with E-state index in [1.165, 1.54) is 12.0 Å². The molecule has 2 aliphatic heterocycles. The summed E-state index contributed by atoms with van der Waals surface area (Å²) in [5.74, 6) is 0. The number of aliphatic hydroxyl groups excluding tert-OH is 1. The van der Waals surface area contributed by atoms with E-state index in [2.05, 4.69) is 5.32 Å².